The molecule has 1 N–H and O–H groups in total. The van der Waals surface area contributed by atoms with E-state index in [0.29, 0.717) is 12.0 Å². The molecular weight excluding hydrogens is 114 g/mol. The highest BCUT2D eigenvalue weighted by Crippen LogP contribution is 2.18. The minimum absolute atomic E-state index is 0.635. The zero-order chi connectivity index (χ0) is 6.69. The van der Waals surface area contributed by atoms with Gasteiger partial charge in [0.05, 0.1) is 6.61 Å². The maximum absolute atomic E-state index is 5.17. The molecule has 0 amide bonds. The van der Waals surface area contributed by atoms with Crippen LogP contribution in [0.5, 0.6) is 0 Å². The molecule has 0 saturated heterocycles. The predicted molar refractivity (Wildman–Crippen MR) is 36.9 cm³/mol. The monoisotopic (exact) mass is 129 g/mol. The molecule has 1 aliphatic carbocycles. The number of hydroxylamine groups is 1. The van der Waals surface area contributed by atoms with Gasteiger partial charge in [-0.05, 0) is 18.8 Å². The van der Waals surface area contributed by atoms with Gasteiger partial charge >= 0.3 is 0 Å². The summed E-state index contributed by atoms with van der Waals surface area (Å²) >= 11 is 0. The maximum atomic E-state index is 5.17. The average Bonchev–Trinajstić information content (AvgIpc) is 2.48. The summed E-state index contributed by atoms with van der Waals surface area (Å²) in [5, 5.41) is 0. The lowest BCUT2D eigenvalue weighted by atomic mass is 10.2. The molecule has 0 aromatic carbocycles. The number of nitrogens with one attached hydrogen (secondary N) is 1. The average molecular weight is 129 g/mol. The highest BCUT2D eigenvalue weighted by atomic mass is 16.6. The van der Waals surface area contributed by atoms with Gasteiger partial charge in [0.15, 0.2) is 0 Å². The van der Waals surface area contributed by atoms with Gasteiger partial charge in [0, 0.05) is 6.04 Å². The second-order valence-electron chi connectivity index (χ2n) is 3.10. The highest BCUT2D eigenvalue weighted by Gasteiger charge is 2.20. The number of hydrogen-bond acceptors (Lipinski definition) is 2. The molecule has 2 heteroatoms. The van der Waals surface area contributed by atoms with Crippen molar-refractivity contribution in [2.45, 2.75) is 32.7 Å². The first-order valence-corrected chi connectivity index (χ1v) is 3.66. The van der Waals surface area contributed by atoms with Crippen LogP contribution in [0.15, 0.2) is 0 Å². The third-order valence-electron chi connectivity index (χ3n) is 1.24. The Morgan fingerprint density at radius 1 is 1.56 bits per heavy atom. The van der Waals surface area contributed by atoms with E-state index >= 15 is 0 Å². The Bertz CT molecular complexity index is 77.0. The van der Waals surface area contributed by atoms with Crippen molar-refractivity contribution in [3.63, 3.8) is 0 Å². The van der Waals surface area contributed by atoms with Gasteiger partial charge in [0.25, 0.3) is 0 Å². The van der Waals surface area contributed by atoms with Crippen LogP contribution >= 0.6 is 0 Å². The Balaban J connectivity index is 1.81. The molecule has 0 bridgehead atoms. The van der Waals surface area contributed by atoms with Crippen LogP contribution in [0, 0.1) is 5.92 Å². The van der Waals surface area contributed by atoms with Crippen molar-refractivity contribution >= 4 is 0 Å². The lowest BCUT2D eigenvalue weighted by Crippen LogP contribution is -2.19. The van der Waals surface area contributed by atoms with Crippen LogP contribution in [0.1, 0.15) is 26.7 Å². The zero-order valence-corrected chi connectivity index (χ0v) is 6.18. The standard InChI is InChI=1S/C7H15NO/c1-6(2)5-9-8-7-3-4-7/h6-8H,3-5H2,1-2H3. The molecule has 1 rings (SSSR count). The van der Waals surface area contributed by atoms with Crippen LogP contribution in [0.25, 0.3) is 0 Å². The lowest BCUT2D eigenvalue weighted by molar-refractivity contribution is 0.0194. The molecule has 1 fully saturated rings. The lowest BCUT2D eigenvalue weighted by Gasteiger charge is -2.05. The fourth-order valence-electron chi connectivity index (χ4n) is 0.534. The van der Waals surface area contributed by atoms with Crippen molar-refractivity contribution in [2.75, 3.05) is 6.61 Å². The summed E-state index contributed by atoms with van der Waals surface area (Å²) in [4.78, 5) is 5.17. The summed E-state index contributed by atoms with van der Waals surface area (Å²) in [6, 6.07) is 0.670. The van der Waals surface area contributed by atoms with Crippen LogP contribution in [0.2, 0.25) is 0 Å². The molecule has 2 nitrogen and oxygen atoms in total. The first-order chi connectivity index (χ1) is 4.29. The summed E-state index contributed by atoms with van der Waals surface area (Å²) in [6.45, 7) is 5.12. The molecule has 0 unspecified atom stereocenters. The largest absolute Gasteiger partial charge is 0.301 e. The van der Waals surface area contributed by atoms with Crippen molar-refractivity contribution in [2.24, 2.45) is 5.92 Å². The minimum Gasteiger partial charge on any atom is -0.301 e. The molecular formula is C7H15NO. The van der Waals surface area contributed by atoms with Gasteiger partial charge in [-0.2, -0.15) is 5.48 Å². The van der Waals surface area contributed by atoms with E-state index in [2.05, 4.69) is 19.3 Å². The van der Waals surface area contributed by atoms with Crippen molar-refractivity contribution in [3.05, 3.63) is 0 Å². The fraction of sp³-hybridized carbons (Fsp3) is 1.00. The third-order valence-corrected chi connectivity index (χ3v) is 1.24. The predicted octanol–water partition coefficient (Wildman–Crippen LogP) is 1.33. The quantitative estimate of drug-likeness (QED) is 0.578. The third kappa shape index (κ3) is 3.49. The summed E-state index contributed by atoms with van der Waals surface area (Å²) in [5.74, 6) is 0.635. The summed E-state index contributed by atoms with van der Waals surface area (Å²) in [5.41, 5.74) is 2.99. The molecule has 1 aliphatic rings. The van der Waals surface area contributed by atoms with Crippen LogP contribution in [0.3, 0.4) is 0 Å². The Morgan fingerprint density at radius 2 is 2.22 bits per heavy atom. The van der Waals surface area contributed by atoms with Gasteiger partial charge in [-0.25, -0.2) is 0 Å². The van der Waals surface area contributed by atoms with Crippen LogP contribution in [0.4, 0.5) is 0 Å². The van der Waals surface area contributed by atoms with Gasteiger partial charge in [0.2, 0.25) is 0 Å². The minimum atomic E-state index is 0.635. The number of rotatable bonds is 4. The van der Waals surface area contributed by atoms with Crippen LogP contribution in [-0.2, 0) is 4.84 Å². The smallest absolute Gasteiger partial charge is 0.0705 e. The molecule has 0 aromatic heterocycles. The molecule has 54 valence electrons. The van der Waals surface area contributed by atoms with Crippen LogP contribution in [-0.4, -0.2) is 12.6 Å². The van der Waals surface area contributed by atoms with Crippen molar-refractivity contribution in [1.29, 1.82) is 0 Å². The first-order valence-electron chi connectivity index (χ1n) is 3.66. The normalized spacial score (nSPS) is 19.0. The zero-order valence-electron chi connectivity index (χ0n) is 6.18. The van der Waals surface area contributed by atoms with E-state index in [9.17, 15) is 0 Å². The van der Waals surface area contributed by atoms with Crippen LogP contribution < -0.4 is 5.48 Å². The van der Waals surface area contributed by atoms with Crippen molar-refractivity contribution < 1.29 is 4.84 Å². The maximum Gasteiger partial charge on any atom is 0.0705 e. The topological polar surface area (TPSA) is 21.3 Å². The van der Waals surface area contributed by atoms with E-state index in [1.54, 1.807) is 0 Å². The van der Waals surface area contributed by atoms with E-state index in [0.717, 1.165) is 6.61 Å². The molecule has 0 radical (unpaired) electrons. The Labute approximate surface area is 56.5 Å². The van der Waals surface area contributed by atoms with Gasteiger partial charge in [-0.3, -0.25) is 0 Å². The SMILES string of the molecule is CC(C)CONC1CC1. The van der Waals surface area contributed by atoms with E-state index in [4.69, 9.17) is 4.84 Å². The van der Waals surface area contributed by atoms with Gasteiger partial charge in [-0.15, -0.1) is 0 Å². The van der Waals surface area contributed by atoms with Gasteiger partial charge in [0.1, 0.15) is 0 Å². The highest BCUT2D eigenvalue weighted by molar-refractivity contribution is 4.76. The molecule has 0 aliphatic heterocycles. The van der Waals surface area contributed by atoms with Gasteiger partial charge in [-0.1, -0.05) is 13.8 Å². The van der Waals surface area contributed by atoms with Crippen molar-refractivity contribution in [3.8, 4) is 0 Å². The molecule has 0 aromatic rings. The molecule has 0 heterocycles. The van der Waals surface area contributed by atoms with Gasteiger partial charge < -0.3 is 4.84 Å². The summed E-state index contributed by atoms with van der Waals surface area (Å²) < 4.78 is 0. The Kier molecular flexibility index (Phi) is 2.49. The van der Waals surface area contributed by atoms with E-state index < -0.39 is 0 Å². The van der Waals surface area contributed by atoms with E-state index in [1.165, 1.54) is 12.8 Å². The molecule has 0 atom stereocenters. The Hall–Kier alpha value is -0.0800. The fourth-order valence-corrected chi connectivity index (χ4v) is 0.534. The Morgan fingerprint density at radius 3 is 2.67 bits per heavy atom. The van der Waals surface area contributed by atoms with Crippen molar-refractivity contribution in [1.82, 2.24) is 5.48 Å². The number of hydrogen-bond donors (Lipinski definition) is 1. The summed E-state index contributed by atoms with van der Waals surface area (Å²) in [7, 11) is 0. The second-order valence-corrected chi connectivity index (χ2v) is 3.10. The molecule has 0 spiro atoms. The molecule has 1 saturated carbocycles. The molecule has 9 heavy (non-hydrogen) atoms. The first kappa shape index (κ1) is 7.03. The second kappa shape index (κ2) is 3.18. The summed E-state index contributed by atoms with van der Waals surface area (Å²) in [6.07, 6.45) is 2.58. The van der Waals surface area contributed by atoms with E-state index in [1.807, 2.05) is 0 Å². The van der Waals surface area contributed by atoms with E-state index in [-0.39, 0.29) is 0 Å².